The van der Waals surface area contributed by atoms with Crippen molar-refractivity contribution in [2.24, 2.45) is 23.7 Å². The highest BCUT2D eigenvalue weighted by Crippen LogP contribution is 2.63. The molecule has 188 valence electrons. The predicted octanol–water partition coefficient (Wildman–Crippen LogP) is 1.53. The first-order chi connectivity index (χ1) is 15.3. The van der Waals surface area contributed by atoms with Gasteiger partial charge in [-0.15, -0.1) is 0 Å². The summed E-state index contributed by atoms with van der Waals surface area (Å²) in [5.41, 5.74) is -2.34. The number of hydrogen-bond acceptors (Lipinski definition) is 8. The van der Waals surface area contributed by atoms with Gasteiger partial charge in [0.25, 0.3) is 0 Å². The Labute approximate surface area is 195 Å². The first-order valence-electron chi connectivity index (χ1n) is 11.6. The summed E-state index contributed by atoms with van der Waals surface area (Å²) in [6.45, 7) is 12.5. The number of ether oxygens (including phenoxy) is 3. The Morgan fingerprint density at radius 2 is 1.70 bits per heavy atom. The van der Waals surface area contributed by atoms with Gasteiger partial charge in [-0.3, -0.25) is 9.59 Å². The third-order valence-corrected chi connectivity index (χ3v) is 5.88. The Kier molecular flexibility index (Phi) is 8.37. The number of amides is 2. The number of esters is 2. The van der Waals surface area contributed by atoms with Crippen LogP contribution in [-0.4, -0.2) is 65.5 Å². The molecule has 2 fully saturated rings. The number of carbonyl (C=O) groups is 4. The maximum absolute atomic E-state index is 13.3. The molecular weight excluding hydrogens is 432 g/mol. The molecular formula is C23H38N2O8. The van der Waals surface area contributed by atoms with Gasteiger partial charge in [0.1, 0.15) is 17.2 Å². The molecule has 0 aliphatic heterocycles. The van der Waals surface area contributed by atoms with Gasteiger partial charge in [-0.2, -0.15) is 0 Å². The van der Waals surface area contributed by atoms with Gasteiger partial charge in [-0.25, -0.2) is 9.59 Å². The second kappa shape index (κ2) is 10.3. The van der Waals surface area contributed by atoms with Gasteiger partial charge in [-0.1, -0.05) is 13.8 Å². The fourth-order valence-electron chi connectivity index (χ4n) is 4.72. The first kappa shape index (κ1) is 26.9. The smallest absolute Gasteiger partial charge is 0.408 e. The topological polar surface area (TPSA) is 140 Å². The van der Waals surface area contributed by atoms with E-state index >= 15 is 0 Å². The fraction of sp³-hybridized carbons (Fsp3) is 0.826. The Morgan fingerprint density at radius 1 is 1.09 bits per heavy atom. The highest BCUT2D eigenvalue weighted by Gasteiger charge is 2.76. The molecule has 2 rings (SSSR count). The quantitative estimate of drug-likeness (QED) is 0.340. The molecule has 0 aromatic carbocycles. The van der Waals surface area contributed by atoms with E-state index < -0.39 is 65.0 Å². The summed E-state index contributed by atoms with van der Waals surface area (Å²) in [4.78, 5) is 51.1. The van der Waals surface area contributed by atoms with E-state index in [4.69, 9.17) is 14.2 Å². The maximum atomic E-state index is 13.3. The summed E-state index contributed by atoms with van der Waals surface area (Å²) in [6.07, 6.45) is -1.52. The molecule has 2 saturated carbocycles. The number of aliphatic hydroxyl groups excluding tert-OH is 1. The van der Waals surface area contributed by atoms with Gasteiger partial charge in [-0.05, 0) is 47.0 Å². The van der Waals surface area contributed by atoms with Crippen molar-refractivity contribution in [3.05, 3.63) is 0 Å². The van der Waals surface area contributed by atoms with E-state index in [1.54, 1.807) is 34.6 Å². The summed E-state index contributed by atoms with van der Waals surface area (Å²) in [6, 6.07) is -0.984. The van der Waals surface area contributed by atoms with E-state index in [0.29, 0.717) is 6.42 Å². The van der Waals surface area contributed by atoms with Gasteiger partial charge in [0, 0.05) is 18.3 Å². The average molecular weight is 471 g/mol. The minimum absolute atomic E-state index is 0.0457. The van der Waals surface area contributed by atoms with Crippen LogP contribution in [-0.2, 0) is 28.6 Å². The Morgan fingerprint density at radius 3 is 2.21 bits per heavy atom. The molecule has 2 aliphatic carbocycles. The van der Waals surface area contributed by atoms with Crippen LogP contribution < -0.4 is 10.6 Å². The van der Waals surface area contributed by atoms with Crippen LogP contribution in [0, 0.1) is 23.7 Å². The number of rotatable bonds is 9. The number of aliphatic hydroxyl groups is 1. The van der Waals surface area contributed by atoms with Crippen molar-refractivity contribution in [1.29, 1.82) is 0 Å². The Bertz CT molecular complexity index is 762. The minimum Gasteiger partial charge on any atom is -0.466 e. The van der Waals surface area contributed by atoms with Gasteiger partial charge < -0.3 is 30.0 Å². The molecule has 3 N–H and O–H groups in total. The second-order valence-electron chi connectivity index (χ2n) is 10.2. The highest BCUT2D eigenvalue weighted by molar-refractivity contribution is 5.94. The molecule has 1 unspecified atom stereocenters. The number of carbonyl (C=O) groups excluding carboxylic acids is 4. The van der Waals surface area contributed by atoms with Gasteiger partial charge in [0.15, 0.2) is 0 Å². The standard InChI is InChI=1S/C23H38N2O8/c1-8-31-19(28)16-15-14(26)11-23(17(15)16,20(29)32-9-2)25-18(27)13(10-12(3)4)24-21(30)33-22(5,6)7/h12-17,26H,8-11H2,1-7H3,(H,24,30)(H,25,27)/t13-,14-,15?,16-,17-,23-/m0/s1. The zero-order chi connectivity index (χ0) is 25.1. The summed E-state index contributed by atoms with van der Waals surface area (Å²) in [7, 11) is 0. The van der Waals surface area contributed by atoms with Crippen LogP contribution in [0.2, 0.25) is 0 Å². The zero-order valence-electron chi connectivity index (χ0n) is 20.6. The maximum Gasteiger partial charge on any atom is 0.408 e. The summed E-state index contributed by atoms with van der Waals surface area (Å²) in [5, 5.41) is 15.9. The van der Waals surface area contributed by atoms with Crippen molar-refractivity contribution >= 4 is 23.9 Å². The lowest BCUT2D eigenvalue weighted by Gasteiger charge is -2.33. The van der Waals surface area contributed by atoms with E-state index in [1.165, 1.54) is 0 Å². The molecule has 6 atom stereocenters. The number of nitrogens with one attached hydrogen (secondary N) is 2. The molecule has 33 heavy (non-hydrogen) atoms. The first-order valence-corrected chi connectivity index (χ1v) is 11.6. The number of alkyl carbamates (subject to hydrolysis) is 1. The van der Waals surface area contributed by atoms with Crippen LogP contribution in [0.3, 0.4) is 0 Å². The van der Waals surface area contributed by atoms with Crippen molar-refractivity contribution in [2.45, 2.75) is 84.6 Å². The monoisotopic (exact) mass is 470 g/mol. The Balaban J connectivity index is 2.29. The molecule has 0 aromatic heterocycles. The Hall–Kier alpha value is -2.36. The van der Waals surface area contributed by atoms with E-state index in [2.05, 4.69) is 10.6 Å². The molecule has 0 spiro atoms. The van der Waals surface area contributed by atoms with Crippen LogP contribution in [0.1, 0.15) is 61.3 Å². The van der Waals surface area contributed by atoms with Crippen LogP contribution in [0.25, 0.3) is 0 Å². The summed E-state index contributed by atoms with van der Waals surface area (Å²) >= 11 is 0. The van der Waals surface area contributed by atoms with E-state index in [0.717, 1.165) is 0 Å². The number of fused-ring (bicyclic) bond motifs is 1. The van der Waals surface area contributed by atoms with Gasteiger partial charge in [0.2, 0.25) is 5.91 Å². The van der Waals surface area contributed by atoms with Crippen molar-refractivity contribution < 1.29 is 38.5 Å². The largest absolute Gasteiger partial charge is 0.466 e. The molecule has 2 aliphatic rings. The molecule has 0 aromatic rings. The van der Waals surface area contributed by atoms with Crippen molar-refractivity contribution in [1.82, 2.24) is 10.6 Å². The third-order valence-electron chi connectivity index (χ3n) is 5.88. The molecule has 0 radical (unpaired) electrons. The molecule has 10 nitrogen and oxygen atoms in total. The summed E-state index contributed by atoms with van der Waals surface area (Å²) in [5.74, 6) is -3.64. The summed E-state index contributed by atoms with van der Waals surface area (Å²) < 4.78 is 15.6. The van der Waals surface area contributed by atoms with Crippen LogP contribution >= 0.6 is 0 Å². The lowest BCUT2D eigenvalue weighted by molar-refractivity contribution is -0.156. The fourth-order valence-corrected chi connectivity index (χ4v) is 4.72. The van der Waals surface area contributed by atoms with Gasteiger partial charge >= 0.3 is 18.0 Å². The van der Waals surface area contributed by atoms with Crippen LogP contribution in [0.4, 0.5) is 4.79 Å². The second-order valence-corrected chi connectivity index (χ2v) is 10.2. The lowest BCUT2D eigenvalue weighted by Crippen LogP contribution is -2.61. The lowest BCUT2D eigenvalue weighted by atomic mass is 9.88. The molecule has 0 saturated heterocycles. The van der Waals surface area contributed by atoms with Crippen LogP contribution in [0.5, 0.6) is 0 Å². The van der Waals surface area contributed by atoms with Crippen molar-refractivity contribution in [3.63, 3.8) is 0 Å². The van der Waals surface area contributed by atoms with E-state index in [1.807, 2.05) is 13.8 Å². The SMILES string of the molecule is CCOC(=O)[C@H]1C2[C@@H](O)C[C@@](NC(=O)[C@H](CC(C)C)NC(=O)OC(C)(C)C)(C(=O)OCC)[C@@H]21. The van der Waals surface area contributed by atoms with Crippen LogP contribution in [0.15, 0.2) is 0 Å². The minimum atomic E-state index is -1.58. The van der Waals surface area contributed by atoms with Crippen molar-refractivity contribution in [3.8, 4) is 0 Å². The average Bonchev–Trinajstić information content (AvgIpc) is 3.35. The third kappa shape index (κ3) is 6.16. The normalized spacial score (nSPS) is 29.0. The van der Waals surface area contributed by atoms with Crippen molar-refractivity contribution in [2.75, 3.05) is 13.2 Å². The predicted molar refractivity (Wildman–Crippen MR) is 118 cm³/mol. The highest BCUT2D eigenvalue weighted by atomic mass is 16.6. The van der Waals surface area contributed by atoms with Gasteiger partial charge in [0.05, 0.1) is 25.2 Å². The number of hydrogen-bond donors (Lipinski definition) is 3. The van der Waals surface area contributed by atoms with E-state index in [9.17, 15) is 24.3 Å². The molecule has 0 bridgehead atoms. The molecule has 2 amide bonds. The molecule has 0 heterocycles. The zero-order valence-corrected chi connectivity index (χ0v) is 20.6. The van der Waals surface area contributed by atoms with E-state index in [-0.39, 0.29) is 25.6 Å². The molecule has 10 heteroatoms.